The zero-order chi connectivity index (χ0) is 19.3. The maximum atomic E-state index is 12.2. The molecule has 26 heavy (non-hydrogen) atoms. The van der Waals surface area contributed by atoms with E-state index in [1.165, 1.54) is 5.56 Å². The van der Waals surface area contributed by atoms with Crippen LogP contribution in [0.1, 0.15) is 44.4 Å². The summed E-state index contributed by atoms with van der Waals surface area (Å²) in [4.78, 5) is 12.2. The average molecular weight is 354 g/mol. The van der Waals surface area contributed by atoms with Crippen molar-refractivity contribution in [3.8, 4) is 5.75 Å². The summed E-state index contributed by atoms with van der Waals surface area (Å²) in [6.45, 7) is 12.9. The summed E-state index contributed by atoms with van der Waals surface area (Å²) in [5, 5.41) is 5.77. The first-order valence-electron chi connectivity index (χ1n) is 9.04. The number of para-hydroxylation sites is 1. The number of aryl methyl sites for hydroxylation is 2. The Kier molecular flexibility index (Phi) is 6.30. The first-order chi connectivity index (χ1) is 12.2. The molecule has 0 aliphatic rings. The number of carbonyl (C=O) groups is 1. The molecule has 1 atom stereocenters. The number of nitrogens with one attached hydrogen (secondary N) is 2. The molecule has 0 fully saturated rings. The van der Waals surface area contributed by atoms with Gasteiger partial charge < -0.3 is 15.4 Å². The second-order valence-electron chi connectivity index (χ2n) is 7.86. The summed E-state index contributed by atoms with van der Waals surface area (Å²) in [5.74, 6) is 0.888. The van der Waals surface area contributed by atoms with Gasteiger partial charge in [0, 0.05) is 5.69 Å². The van der Waals surface area contributed by atoms with Gasteiger partial charge in [0.2, 0.25) is 0 Å². The van der Waals surface area contributed by atoms with E-state index in [9.17, 15) is 4.79 Å². The fourth-order valence-corrected chi connectivity index (χ4v) is 2.72. The third kappa shape index (κ3) is 5.51. The molecule has 0 radical (unpaired) electrons. The lowest BCUT2D eigenvalue weighted by atomic mass is 9.87. The topological polar surface area (TPSA) is 50.4 Å². The highest BCUT2D eigenvalue weighted by Gasteiger charge is 2.14. The lowest BCUT2D eigenvalue weighted by Crippen LogP contribution is -2.39. The van der Waals surface area contributed by atoms with Crippen molar-refractivity contribution in [1.82, 2.24) is 5.32 Å². The minimum Gasteiger partial charge on any atom is -0.491 e. The molecule has 2 amide bonds. The standard InChI is InChI=1S/C22H30N2O2/c1-15-8-7-9-16(2)20(15)26-14-17(3)23-21(25)24-19-12-10-18(11-13-19)22(4,5)6/h7-13,17H,14H2,1-6H3,(H2,23,24,25). The lowest BCUT2D eigenvalue weighted by Gasteiger charge is -2.20. The maximum absolute atomic E-state index is 12.2. The Balaban J connectivity index is 1.85. The van der Waals surface area contributed by atoms with Gasteiger partial charge in [-0.15, -0.1) is 0 Å². The maximum Gasteiger partial charge on any atom is 0.319 e. The van der Waals surface area contributed by atoms with Crippen LogP contribution in [0.2, 0.25) is 0 Å². The van der Waals surface area contributed by atoms with Gasteiger partial charge in [-0.25, -0.2) is 4.79 Å². The van der Waals surface area contributed by atoms with Gasteiger partial charge in [-0.3, -0.25) is 0 Å². The number of carbonyl (C=O) groups excluding carboxylic acids is 1. The molecule has 0 bridgehead atoms. The first-order valence-corrected chi connectivity index (χ1v) is 9.04. The summed E-state index contributed by atoms with van der Waals surface area (Å²) in [5.41, 5.74) is 4.30. The van der Waals surface area contributed by atoms with E-state index < -0.39 is 0 Å². The fourth-order valence-electron chi connectivity index (χ4n) is 2.72. The Hall–Kier alpha value is -2.49. The predicted molar refractivity (Wildman–Crippen MR) is 108 cm³/mol. The summed E-state index contributed by atoms with van der Waals surface area (Å²) in [6.07, 6.45) is 0. The van der Waals surface area contributed by atoms with Crippen LogP contribution >= 0.6 is 0 Å². The molecule has 0 spiro atoms. The molecule has 4 heteroatoms. The normalized spacial score (nSPS) is 12.4. The Morgan fingerprint density at radius 1 is 1.04 bits per heavy atom. The predicted octanol–water partition coefficient (Wildman–Crippen LogP) is 5.19. The number of rotatable bonds is 5. The number of benzene rings is 2. The number of hydrogen-bond acceptors (Lipinski definition) is 2. The summed E-state index contributed by atoms with van der Waals surface area (Å²) in [7, 11) is 0. The second-order valence-corrected chi connectivity index (χ2v) is 7.86. The van der Waals surface area contributed by atoms with Crippen molar-refractivity contribution >= 4 is 11.7 Å². The van der Waals surface area contributed by atoms with Crippen LogP contribution in [0.3, 0.4) is 0 Å². The van der Waals surface area contributed by atoms with Gasteiger partial charge >= 0.3 is 6.03 Å². The highest BCUT2D eigenvalue weighted by atomic mass is 16.5. The molecule has 0 aliphatic heterocycles. The minimum atomic E-state index is -0.230. The summed E-state index contributed by atoms with van der Waals surface area (Å²) < 4.78 is 5.89. The quantitative estimate of drug-likeness (QED) is 0.776. The van der Waals surface area contributed by atoms with Crippen molar-refractivity contribution in [3.05, 3.63) is 59.2 Å². The molecule has 1 unspecified atom stereocenters. The monoisotopic (exact) mass is 354 g/mol. The highest BCUT2D eigenvalue weighted by Crippen LogP contribution is 2.24. The van der Waals surface area contributed by atoms with Crippen LogP contribution in [0.5, 0.6) is 5.75 Å². The number of hydrogen-bond donors (Lipinski definition) is 2. The summed E-state index contributed by atoms with van der Waals surface area (Å²) in [6, 6.07) is 13.7. The van der Waals surface area contributed by atoms with Crippen molar-refractivity contribution < 1.29 is 9.53 Å². The molecule has 140 valence electrons. The van der Waals surface area contributed by atoms with Crippen LogP contribution in [0.15, 0.2) is 42.5 Å². The van der Waals surface area contributed by atoms with Crippen LogP contribution in [-0.2, 0) is 5.41 Å². The molecular formula is C22H30N2O2. The van der Waals surface area contributed by atoms with Gasteiger partial charge in [-0.05, 0) is 55.0 Å². The van der Waals surface area contributed by atoms with E-state index >= 15 is 0 Å². The van der Waals surface area contributed by atoms with E-state index in [0.29, 0.717) is 6.61 Å². The molecule has 2 N–H and O–H groups in total. The molecule has 4 nitrogen and oxygen atoms in total. The van der Waals surface area contributed by atoms with Crippen molar-refractivity contribution in [2.24, 2.45) is 0 Å². The fraction of sp³-hybridized carbons (Fsp3) is 0.409. The van der Waals surface area contributed by atoms with E-state index in [1.807, 2.05) is 63.2 Å². The van der Waals surface area contributed by atoms with Gasteiger partial charge in [0.25, 0.3) is 0 Å². The van der Waals surface area contributed by atoms with E-state index in [4.69, 9.17) is 4.74 Å². The Labute approximate surface area is 157 Å². The van der Waals surface area contributed by atoms with E-state index in [1.54, 1.807) is 0 Å². The highest BCUT2D eigenvalue weighted by molar-refractivity contribution is 5.89. The van der Waals surface area contributed by atoms with E-state index in [2.05, 4.69) is 31.4 Å². The molecule has 0 heterocycles. The SMILES string of the molecule is Cc1cccc(C)c1OCC(C)NC(=O)Nc1ccc(C(C)(C)C)cc1. The zero-order valence-electron chi connectivity index (χ0n) is 16.6. The van der Waals surface area contributed by atoms with Crippen LogP contribution in [-0.4, -0.2) is 18.7 Å². The molecule has 2 rings (SSSR count). The third-order valence-corrected chi connectivity index (χ3v) is 4.27. The molecule has 0 saturated heterocycles. The number of urea groups is 1. The van der Waals surface area contributed by atoms with Crippen LogP contribution in [0.25, 0.3) is 0 Å². The average Bonchev–Trinajstić information content (AvgIpc) is 2.54. The summed E-state index contributed by atoms with van der Waals surface area (Å²) >= 11 is 0. The Bertz CT molecular complexity index is 725. The van der Waals surface area contributed by atoms with Gasteiger partial charge in [0.15, 0.2) is 0 Å². The molecule has 0 saturated carbocycles. The van der Waals surface area contributed by atoms with E-state index in [0.717, 1.165) is 22.6 Å². The van der Waals surface area contributed by atoms with Gasteiger partial charge in [0.1, 0.15) is 12.4 Å². The molecule has 0 aromatic heterocycles. The molecule has 2 aromatic rings. The molecular weight excluding hydrogens is 324 g/mol. The van der Waals surface area contributed by atoms with Crippen molar-refractivity contribution in [2.45, 2.75) is 53.0 Å². The number of ether oxygens (including phenoxy) is 1. The van der Waals surface area contributed by atoms with Crippen molar-refractivity contribution in [2.75, 3.05) is 11.9 Å². The molecule has 0 aliphatic carbocycles. The van der Waals surface area contributed by atoms with E-state index in [-0.39, 0.29) is 17.5 Å². The number of amides is 2. The largest absolute Gasteiger partial charge is 0.491 e. The smallest absolute Gasteiger partial charge is 0.319 e. The third-order valence-electron chi connectivity index (χ3n) is 4.27. The Morgan fingerprint density at radius 3 is 2.15 bits per heavy atom. The van der Waals surface area contributed by atoms with Gasteiger partial charge in [0.05, 0.1) is 6.04 Å². The van der Waals surface area contributed by atoms with Crippen LogP contribution < -0.4 is 15.4 Å². The number of anilines is 1. The molecule has 2 aromatic carbocycles. The van der Waals surface area contributed by atoms with Gasteiger partial charge in [-0.2, -0.15) is 0 Å². The second kappa shape index (κ2) is 8.26. The first kappa shape index (κ1) is 19.8. The van der Waals surface area contributed by atoms with Crippen LogP contribution in [0, 0.1) is 13.8 Å². The van der Waals surface area contributed by atoms with Crippen molar-refractivity contribution in [3.63, 3.8) is 0 Å². The Morgan fingerprint density at radius 2 is 1.62 bits per heavy atom. The lowest BCUT2D eigenvalue weighted by molar-refractivity contribution is 0.236. The van der Waals surface area contributed by atoms with Crippen LogP contribution in [0.4, 0.5) is 10.5 Å². The van der Waals surface area contributed by atoms with Gasteiger partial charge in [-0.1, -0.05) is 51.1 Å². The minimum absolute atomic E-state index is 0.0976. The van der Waals surface area contributed by atoms with Crippen molar-refractivity contribution in [1.29, 1.82) is 0 Å². The zero-order valence-corrected chi connectivity index (χ0v) is 16.6.